The Morgan fingerprint density at radius 2 is 1.45 bits per heavy atom. The fraction of sp³-hybridized carbons (Fsp3) is 0.250. The van der Waals surface area contributed by atoms with Crippen molar-refractivity contribution in [2.45, 2.75) is 13.8 Å². The third-order valence-electron chi connectivity index (χ3n) is 3.29. The zero-order valence-electron chi connectivity index (χ0n) is 12.5. The van der Waals surface area contributed by atoms with Crippen LogP contribution >= 0.6 is 11.6 Å². The summed E-state index contributed by atoms with van der Waals surface area (Å²) < 4.78 is 0. The zero-order valence-corrected chi connectivity index (χ0v) is 13.2. The van der Waals surface area contributed by atoms with E-state index in [1.54, 1.807) is 24.3 Å². The summed E-state index contributed by atoms with van der Waals surface area (Å²) in [5.41, 5.74) is 1.55. The Balaban J connectivity index is 2.24. The predicted molar refractivity (Wildman–Crippen MR) is 89.0 cm³/mol. The van der Waals surface area contributed by atoms with Crippen LogP contribution in [0.3, 0.4) is 0 Å². The molecule has 2 rings (SSSR count). The van der Waals surface area contributed by atoms with Crippen molar-refractivity contribution >= 4 is 28.7 Å². The molecule has 6 heteroatoms. The van der Waals surface area contributed by atoms with Crippen LogP contribution in [-0.4, -0.2) is 23.3 Å². The Kier molecular flexibility index (Phi) is 5.22. The van der Waals surface area contributed by atoms with Crippen LogP contribution in [0.1, 0.15) is 13.8 Å². The molecule has 116 valence electrons. The van der Waals surface area contributed by atoms with Gasteiger partial charge in [0.25, 0.3) is 0 Å². The normalized spacial score (nSPS) is 11.0. The van der Waals surface area contributed by atoms with Crippen molar-refractivity contribution in [3.63, 3.8) is 0 Å². The lowest BCUT2D eigenvalue weighted by atomic mass is 10.2. The van der Waals surface area contributed by atoms with Gasteiger partial charge in [-0.25, -0.2) is 0 Å². The number of halogens is 1. The van der Waals surface area contributed by atoms with Crippen LogP contribution in [0.25, 0.3) is 0 Å². The molecule has 0 spiro atoms. The molecule has 2 aromatic carbocycles. The highest BCUT2D eigenvalue weighted by atomic mass is 35.5. The number of benzene rings is 2. The van der Waals surface area contributed by atoms with Crippen LogP contribution in [0.2, 0.25) is 5.02 Å². The highest BCUT2D eigenvalue weighted by Gasteiger charge is 2.07. The summed E-state index contributed by atoms with van der Waals surface area (Å²) in [4.78, 5) is 2.12. The molecule has 5 nitrogen and oxygen atoms in total. The quantitative estimate of drug-likeness (QED) is 0.761. The van der Waals surface area contributed by atoms with Crippen molar-refractivity contribution < 1.29 is 10.2 Å². The standard InChI is InChI=1S/C16H18ClN3O2/c1-3-20(4-2)12-6-8-14(16(22)10-12)19-18-13-7-5-11(17)9-15(13)21/h5-10,21-22H,3-4H2,1-2H3. The first kappa shape index (κ1) is 16.1. The van der Waals surface area contributed by atoms with E-state index in [2.05, 4.69) is 29.0 Å². The molecule has 0 saturated carbocycles. The van der Waals surface area contributed by atoms with Crippen LogP contribution in [0.15, 0.2) is 46.6 Å². The number of hydrogen-bond donors (Lipinski definition) is 2. The SMILES string of the molecule is CCN(CC)c1ccc(N=Nc2ccc(Cl)cc2O)c(O)c1. The van der Waals surface area contributed by atoms with Gasteiger partial charge in [0.2, 0.25) is 0 Å². The van der Waals surface area contributed by atoms with Crippen molar-refractivity contribution in [2.24, 2.45) is 10.2 Å². The van der Waals surface area contributed by atoms with Crippen molar-refractivity contribution in [1.29, 1.82) is 0 Å². The first-order chi connectivity index (χ1) is 10.5. The average Bonchev–Trinajstić information content (AvgIpc) is 2.49. The predicted octanol–water partition coefficient (Wildman–Crippen LogP) is 5.01. The number of phenols is 2. The van der Waals surface area contributed by atoms with E-state index >= 15 is 0 Å². The van der Waals surface area contributed by atoms with Gasteiger partial charge in [0.05, 0.1) is 0 Å². The van der Waals surface area contributed by atoms with Gasteiger partial charge >= 0.3 is 0 Å². The van der Waals surface area contributed by atoms with Crippen LogP contribution in [0, 0.1) is 0 Å². The first-order valence-corrected chi connectivity index (χ1v) is 7.41. The van der Waals surface area contributed by atoms with E-state index in [0.717, 1.165) is 18.8 Å². The van der Waals surface area contributed by atoms with Gasteiger partial charge in [-0.05, 0) is 38.1 Å². The molecule has 0 radical (unpaired) electrons. The summed E-state index contributed by atoms with van der Waals surface area (Å²) in [6.45, 7) is 5.82. The van der Waals surface area contributed by atoms with Crippen molar-refractivity contribution in [3.8, 4) is 11.5 Å². The van der Waals surface area contributed by atoms with Gasteiger partial charge in [-0.1, -0.05) is 11.6 Å². The summed E-state index contributed by atoms with van der Waals surface area (Å²) in [5.74, 6) is -0.0166. The second kappa shape index (κ2) is 7.13. The Morgan fingerprint density at radius 1 is 0.909 bits per heavy atom. The molecule has 0 saturated heterocycles. The molecule has 0 aliphatic rings. The zero-order chi connectivity index (χ0) is 16.1. The van der Waals surface area contributed by atoms with Crippen molar-refractivity contribution in [1.82, 2.24) is 0 Å². The molecule has 0 aliphatic heterocycles. The molecule has 0 heterocycles. The largest absolute Gasteiger partial charge is 0.506 e. The molecule has 0 atom stereocenters. The second-order valence-corrected chi connectivity index (χ2v) is 5.11. The summed E-state index contributed by atoms with van der Waals surface area (Å²) in [7, 11) is 0. The van der Waals surface area contributed by atoms with E-state index in [4.69, 9.17) is 11.6 Å². The van der Waals surface area contributed by atoms with E-state index in [0.29, 0.717) is 10.7 Å². The Bertz CT molecular complexity index is 685. The molecule has 0 aromatic heterocycles. The van der Waals surface area contributed by atoms with E-state index < -0.39 is 0 Å². The van der Waals surface area contributed by atoms with Gasteiger partial charge in [0.15, 0.2) is 0 Å². The van der Waals surface area contributed by atoms with Gasteiger partial charge in [0.1, 0.15) is 22.9 Å². The smallest absolute Gasteiger partial charge is 0.145 e. The minimum atomic E-state index is -0.0597. The average molecular weight is 320 g/mol. The fourth-order valence-corrected chi connectivity index (χ4v) is 2.24. The highest BCUT2D eigenvalue weighted by Crippen LogP contribution is 2.34. The van der Waals surface area contributed by atoms with Gasteiger partial charge in [-0.15, -0.1) is 10.2 Å². The Hall–Kier alpha value is -2.27. The number of phenolic OH excluding ortho intramolecular Hbond substituents is 2. The lowest BCUT2D eigenvalue weighted by Gasteiger charge is -2.21. The van der Waals surface area contributed by atoms with Crippen LogP contribution in [-0.2, 0) is 0 Å². The van der Waals surface area contributed by atoms with Crippen LogP contribution in [0.5, 0.6) is 11.5 Å². The van der Waals surface area contributed by atoms with E-state index in [-0.39, 0.29) is 17.2 Å². The molecule has 0 unspecified atom stereocenters. The highest BCUT2D eigenvalue weighted by molar-refractivity contribution is 6.30. The summed E-state index contributed by atoms with van der Waals surface area (Å²) in [5, 5.41) is 28.1. The molecule has 2 aromatic rings. The Morgan fingerprint density at radius 3 is 1.95 bits per heavy atom. The molecule has 0 aliphatic carbocycles. The molecular formula is C16H18ClN3O2. The molecule has 0 amide bonds. The second-order valence-electron chi connectivity index (χ2n) is 4.68. The molecular weight excluding hydrogens is 302 g/mol. The lowest BCUT2D eigenvalue weighted by molar-refractivity contribution is 0.474. The van der Waals surface area contributed by atoms with Gasteiger partial charge < -0.3 is 15.1 Å². The van der Waals surface area contributed by atoms with Crippen molar-refractivity contribution in [3.05, 3.63) is 41.4 Å². The summed E-state index contributed by atoms with van der Waals surface area (Å²) >= 11 is 5.76. The molecule has 22 heavy (non-hydrogen) atoms. The Labute approximate surface area is 134 Å². The van der Waals surface area contributed by atoms with E-state index in [1.165, 1.54) is 6.07 Å². The van der Waals surface area contributed by atoms with E-state index in [9.17, 15) is 10.2 Å². The maximum absolute atomic E-state index is 10.1. The monoisotopic (exact) mass is 319 g/mol. The van der Waals surface area contributed by atoms with Crippen LogP contribution in [0.4, 0.5) is 17.1 Å². The number of nitrogens with zero attached hydrogens (tertiary/aromatic N) is 3. The van der Waals surface area contributed by atoms with Gasteiger partial charge in [-0.3, -0.25) is 0 Å². The molecule has 0 fully saturated rings. The minimum Gasteiger partial charge on any atom is -0.506 e. The maximum atomic E-state index is 10.1. The third-order valence-corrected chi connectivity index (χ3v) is 3.53. The molecule has 0 bridgehead atoms. The minimum absolute atomic E-state index is 0.0432. The fourth-order valence-electron chi connectivity index (χ4n) is 2.07. The summed E-state index contributed by atoms with van der Waals surface area (Å²) in [6, 6.07) is 9.78. The maximum Gasteiger partial charge on any atom is 0.145 e. The van der Waals surface area contributed by atoms with Gasteiger partial charge in [0, 0.05) is 35.9 Å². The lowest BCUT2D eigenvalue weighted by Crippen LogP contribution is -2.21. The summed E-state index contributed by atoms with van der Waals surface area (Å²) in [6.07, 6.45) is 0. The first-order valence-electron chi connectivity index (χ1n) is 7.03. The number of hydrogen-bond acceptors (Lipinski definition) is 5. The van der Waals surface area contributed by atoms with Crippen LogP contribution < -0.4 is 4.90 Å². The topological polar surface area (TPSA) is 68.4 Å². The number of aromatic hydroxyl groups is 2. The van der Waals surface area contributed by atoms with E-state index in [1.807, 2.05) is 6.07 Å². The van der Waals surface area contributed by atoms with Gasteiger partial charge in [-0.2, -0.15) is 0 Å². The number of azo groups is 1. The number of rotatable bonds is 5. The molecule has 2 N–H and O–H groups in total. The third kappa shape index (κ3) is 3.68. The number of anilines is 1. The van der Waals surface area contributed by atoms with Crippen molar-refractivity contribution in [2.75, 3.05) is 18.0 Å².